The molecule has 2 heterocycles. The SMILES string of the molecule is CCc1c(C)sc2nc(SCCS(C)(=O)=O)n(-c3ccc(C)c(C)c3)c(=O)c12. The number of thioether (sulfide) groups is 1. The molecule has 0 saturated heterocycles. The second-order valence-electron chi connectivity index (χ2n) is 6.95. The Morgan fingerprint density at radius 3 is 2.50 bits per heavy atom. The van der Waals surface area contributed by atoms with Crippen LogP contribution in [0.25, 0.3) is 15.9 Å². The van der Waals surface area contributed by atoms with Crippen molar-refractivity contribution in [2.45, 2.75) is 39.3 Å². The maximum Gasteiger partial charge on any atom is 0.267 e. The smallest absolute Gasteiger partial charge is 0.267 e. The number of hydrogen-bond donors (Lipinski definition) is 0. The average molecular weight is 437 g/mol. The van der Waals surface area contributed by atoms with Crippen LogP contribution in [0.3, 0.4) is 0 Å². The monoisotopic (exact) mass is 436 g/mol. The fourth-order valence-electron chi connectivity index (χ4n) is 3.10. The van der Waals surface area contributed by atoms with Crippen LogP contribution < -0.4 is 5.56 Å². The topological polar surface area (TPSA) is 69.0 Å². The molecule has 0 unspecified atom stereocenters. The Balaban J connectivity index is 2.24. The molecule has 0 saturated carbocycles. The molecule has 0 bridgehead atoms. The van der Waals surface area contributed by atoms with Crippen molar-refractivity contribution in [2.24, 2.45) is 0 Å². The first-order valence-electron chi connectivity index (χ1n) is 9.05. The minimum atomic E-state index is -3.08. The van der Waals surface area contributed by atoms with Crippen molar-refractivity contribution in [2.75, 3.05) is 17.8 Å². The van der Waals surface area contributed by atoms with Gasteiger partial charge in [0.25, 0.3) is 5.56 Å². The van der Waals surface area contributed by atoms with Gasteiger partial charge in [-0.25, -0.2) is 13.4 Å². The fraction of sp³-hybridized carbons (Fsp3) is 0.400. The highest BCUT2D eigenvalue weighted by Crippen LogP contribution is 2.30. The van der Waals surface area contributed by atoms with Gasteiger partial charge in [0.1, 0.15) is 14.7 Å². The molecule has 0 spiro atoms. The molecule has 0 aliphatic heterocycles. The van der Waals surface area contributed by atoms with Gasteiger partial charge in [0.05, 0.1) is 16.8 Å². The lowest BCUT2D eigenvalue weighted by Crippen LogP contribution is -2.22. The summed E-state index contributed by atoms with van der Waals surface area (Å²) in [5, 5.41) is 1.21. The minimum absolute atomic E-state index is 0.0438. The predicted octanol–water partition coefficient (Wildman–Crippen LogP) is 4.07. The predicted molar refractivity (Wildman–Crippen MR) is 119 cm³/mol. The van der Waals surface area contributed by atoms with Gasteiger partial charge in [0.15, 0.2) is 5.16 Å². The van der Waals surface area contributed by atoms with E-state index in [1.807, 2.05) is 45.9 Å². The highest BCUT2D eigenvalue weighted by molar-refractivity contribution is 8.00. The van der Waals surface area contributed by atoms with E-state index < -0.39 is 9.84 Å². The number of rotatable bonds is 6. The zero-order chi connectivity index (χ0) is 20.6. The van der Waals surface area contributed by atoms with Crippen LogP contribution in [0.15, 0.2) is 28.2 Å². The van der Waals surface area contributed by atoms with Crippen LogP contribution in [0.4, 0.5) is 0 Å². The van der Waals surface area contributed by atoms with Crippen LogP contribution in [0.5, 0.6) is 0 Å². The summed E-state index contributed by atoms with van der Waals surface area (Å²) in [7, 11) is -3.08. The van der Waals surface area contributed by atoms with E-state index in [0.717, 1.165) is 38.5 Å². The molecule has 0 amide bonds. The molecule has 8 heteroatoms. The summed E-state index contributed by atoms with van der Waals surface area (Å²) in [4.78, 5) is 20.1. The molecule has 3 rings (SSSR count). The molecule has 1 aromatic carbocycles. The molecule has 150 valence electrons. The number of nitrogens with zero attached hydrogens (tertiary/aromatic N) is 2. The Morgan fingerprint density at radius 1 is 1.18 bits per heavy atom. The van der Waals surface area contributed by atoms with E-state index in [-0.39, 0.29) is 11.3 Å². The normalized spacial score (nSPS) is 12.0. The average Bonchev–Trinajstić information content (AvgIpc) is 2.92. The molecule has 0 radical (unpaired) electrons. The Kier molecular flexibility index (Phi) is 6.03. The van der Waals surface area contributed by atoms with Gasteiger partial charge < -0.3 is 0 Å². The van der Waals surface area contributed by atoms with Crippen molar-refractivity contribution in [3.63, 3.8) is 0 Å². The Hall–Kier alpha value is -1.64. The standard InChI is InChI=1S/C20H24N2O3S3/c1-6-16-14(4)27-18-17(16)19(23)22(15-8-7-12(2)13(3)11-15)20(21-18)26-9-10-28(5,24)25/h7-8,11H,6,9-10H2,1-5H3. The Morgan fingerprint density at radius 2 is 1.89 bits per heavy atom. The van der Waals surface area contributed by atoms with Crippen LogP contribution in [0.1, 0.15) is 28.5 Å². The van der Waals surface area contributed by atoms with Gasteiger partial charge in [-0.3, -0.25) is 9.36 Å². The van der Waals surface area contributed by atoms with Crippen molar-refractivity contribution in [3.8, 4) is 5.69 Å². The van der Waals surface area contributed by atoms with Crippen molar-refractivity contribution >= 4 is 43.2 Å². The first-order valence-corrected chi connectivity index (χ1v) is 12.9. The van der Waals surface area contributed by atoms with E-state index in [1.54, 1.807) is 4.57 Å². The zero-order valence-corrected chi connectivity index (χ0v) is 19.1. The van der Waals surface area contributed by atoms with E-state index in [9.17, 15) is 13.2 Å². The van der Waals surface area contributed by atoms with E-state index in [1.165, 1.54) is 29.4 Å². The van der Waals surface area contributed by atoms with Crippen LogP contribution in [-0.4, -0.2) is 35.7 Å². The van der Waals surface area contributed by atoms with Gasteiger partial charge in [0, 0.05) is 16.9 Å². The molecule has 3 aromatic rings. The highest BCUT2D eigenvalue weighted by atomic mass is 32.2. The summed E-state index contributed by atoms with van der Waals surface area (Å²) < 4.78 is 24.7. The van der Waals surface area contributed by atoms with Gasteiger partial charge in [-0.05, 0) is 56.0 Å². The van der Waals surface area contributed by atoms with E-state index in [0.29, 0.717) is 16.3 Å². The van der Waals surface area contributed by atoms with Gasteiger partial charge in [-0.2, -0.15) is 0 Å². The third kappa shape index (κ3) is 4.18. The van der Waals surface area contributed by atoms with Crippen LogP contribution in [0.2, 0.25) is 0 Å². The second kappa shape index (κ2) is 8.00. The molecule has 0 aliphatic carbocycles. The number of hydrogen-bond acceptors (Lipinski definition) is 6. The van der Waals surface area contributed by atoms with Crippen molar-refractivity contribution in [1.82, 2.24) is 9.55 Å². The molecule has 2 aromatic heterocycles. The minimum Gasteiger partial charge on any atom is -0.268 e. The highest BCUT2D eigenvalue weighted by Gasteiger charge is 2.19. The van der Waals surface area contributed by atoms with Crippen LogP contribution in [-0.2, 0) is 16.3 Å². The van der Waals surface area contributed by atoms with Crippen molar-refractivity contribution < 1.29 is 8.42 Å². The molecule has 0 N–H and O–H groups in total. The van der Waals surface area contributed by atoms with Gasteiger partial charge >= 0.3 is 0 Å². The van der Waals surface area contributed by atoms with Gasteiger partial charge in [-0.15, -0.1) is 11.3 Å². The lowest BCUT2D eigenvalue weighted by atomic mass is 10.1. The maximum atomic E-state index is 13.5. The van der Waals surface area contributed by atoms with Crippen molar-refractivity contribution in [1.29, 1.82) is 0 Å². The Bertz CT molecular complexity index is 1210. The molecule has 0 aliphatic rings. The lowest BCUT2D eigenvalue weighted by Gasteiger charge is -2.14. The lowest BCUT2D eigenvalue weighted by molar-refractivity contribution is 0.603. The summed E-state index contributed by atoms with van der Waals surface area (Å²) >= 11 is 2.83. The van der Waals surface area contributed by atoms with E-state index >= 15 is 0 Å². The van der Waals surface area contributed by atoms with E-state index in [2.05, 4.69) is 0 Å². The quantitative estimate of drug-likeness (QED) is 0.430. The summed E-state index contributed by atoms with van der Waals surface area (Å²) in [5.74, 6) is 0.398. The largest absolute Gasteiger partial charge is 0.268 e. The number of sulfone groups is 1. The first kappa shape index (κ1) is 21.1. The molecule has 0 atom stereocenters. The molecular formula is C20H24N2O3S3. The second-order valence-corrected chi connectivity index (χ2v) is 11.5. The summed E-state index contributed by atoms with van der Waals surface area (Å²) in [6, 6.07) is 5.89. The molecule has 5 nitrogen and oxygen atoms in total. The van der Waals surface area contributed by atoms with Crippen LogP contribution in [0, 0.1) is 20.8 Å². The van der Waals surface area contributed by atoms with E-state index in [4.69, 9.17) is 4.98 Å². The van der Waals surface area contributed by atoms with Crippen LogP contribution >= 0.6 is 23.1 Å². The number of thiophene rings is 1. The number of fused-ring (bicyclic) bond motifs is 1. The third-order valence-electron chi connectivity index (χ3n) is 4.78. The zero-order valence-electron chi connectivity index (χ0n) is 16.7. The van der Waals surface area contributed by atoms with Gasteiger partial charge in [0.2, 0.25) is 0 Å². The first-order chi connectivity index (χ1) is 13.1. The fourth-order valence-corrected chi connectivity index (χ4v) is 6.46. The number of aromatic nitrogens is 2. The molecule has 0 fully saturated rings. The summed E-state index contributed by atoms with van der Waals surface area (Å²) in [6.07, 6.45) is 1.99. The molecular weight excluding hydrogens is 412 g/mol. The Labute approximate surface area is 173 Å². The van der Waals surface area contributed by atoms with Gasteiger partial charge in [-0.1, -0.05) is 24.8 Å². The molecule has 28 heavy (non-hydrogen) atoms. The number of aryl methyl sites for hydroxylation is 4. The summed E-state index contributed by atoms with van der Waals surface area (Å²) in [5.41, 5.74) is 3.96. The van der Waals surface area contributed by atoms with Crippen molar-refractivity contribution in [3.05, 3.63) is 50.1 Å². The third-order valence-corrected chi connectivity index (χ3v) is 7.97. The maximum absolute atomic E-state index is 13.5. The number of benzene rings is 1. The summed E-state index contributed by atoms with van der Waals surface area (Å²) in [6.45, 7) is 8.10.